The monoisotopic (exact) mass is 265 g/mol. The van der Waals surface area contributed by atoms with Crippen LogP contribution in [0.5, 0.6) is 11.5 Å². The molecule has 19 heavy (non-hydrogen) atoms. The van der Waals surface area contributed by atoms with E-state index in [1.54, 1.807) is 0 Å². The van der Waals surface area contributed by atoms with Crippen molar-refractivity contribution in [2.24, 2.45) is 0 Å². The number of nitrogens with two attached hydrogens (primary N) is 1. The summed E-state index contributed by atoms with van der Waals surface area (Å²) in [5.74, 6) is -3.49. The number of halogens is 2. The smallest absolute Gasteiger partial charge is 0.337 e. The molecule has 0 saturated carbocycles. The average molecular weight is 265 g/mol. The van der Waals surface area contributed by atoms with E-state index in [1.807, 2.05) is 0 Å². The van der Waals surface area contributed by atoms with Crippen molar-refractivity contribution in [2.45, 2.75) is 0 Å². The van der Waals surface area contributed by atoms with E-state index in [9.17, 15) is 13.6 Å². The van der Waals surface area contributed by atoms with Gasteiger partial charge in [0, 0.05) is 17.8 Å². The summed E-state index contributed by atoms with van der Waals surface area (Å²) in [4.78, 5) is 10.9. The fourth-order valence-corrected chi connectivity index (χ4v) is 1.48. The van der Waals surface area contributed by atoms with Crippen LogP contribution in [0.15, 0.2) is 36.4 Å². The summed E-state index contributed by atoms with van der Waals surface area (Å²) in [6, 6.07) is 7.13. The Balaban J connectivity index is 2.43. The number of carboxylic acid groups (broad SMARTS) is 1. The molecule has 0 amide bonds. The highest BCUT2D eigenvalue weighted by Gasteiger charge is 2.15. The number of benzene rings is 2. The first-order valence-corrected chi connectivity index (χ1v) is 5.23. The molecular weight excluding hydrogens is 256 g/mol. The lowest BCUT2D eigenvalue weighted by atomic mass is 10.1. The van der Waals surface area contributed by atoms with E-state index in [1.165, 1.54) is 18.2 Å². The van der Waals surface area contributed by atoms with Crippen LogP contribution in [0.2, 0.25) is 0 Å². The molecular formula is C13H9F2NO3. The maximum atomic E-state index is 13.6. The molecule has 0 aliphatic rings. The second-order valence-corrected chi connectivity index (χ2v) is 3.71. The zero-order valence-corrected chi connectivity index (χ0v) is 9.56. The number of hydrogen-bond donors (Lipinski definition) is 2. The van der Waals surface area contributed by atoms with Crippen LogP contribution in [0.25, 0.3) is 0 Å². The largest absolute Gasteiger partial charge is 0.478 e. The maximum Gasteiger partial charge on any atom is 0.337 e. The lowest BCUT2D eigenvalue weighted by Crippen LogP contribution is -2.04. The van der Waals surface area contributed by atoms with E-state index >= 15 is 0 Å². The number of anilines is 1. The van der Waals surface area contributed by atoms with Crippen molar-refractivity contribution in [1.29, 1.82) is 0 Å². The number of para-hydroxylation sites is 1. The molecule has 0 aliphatic heterocycles. The number of hydrogen-bond acceptors (Lipinski definition) is 3. The first-order valence-electron chi connectivity index (χ1n) is 5.23. The van der Waals surface area contributed by atoms with E-state index in [4.69, 9.17) is 15.6 Å². The highest BCUT2D eigenvalue weighted by Crippen LogP contribution is 2.29. The standard InChI is InChI=1S/C13H9F2NO3/c14-8-3-1-2-4-11(8)19-12-5-7(13(17)18)10(16)6-9(12)15/h1-6H,16H2,(H,17,18). The van der Waals surface area contributed by atoms with Gasteiger partial charge in [0.15, 0.2) is 23.1 Å². The molecule has 6 heteroatoms. The van der Waals surface area contributed by atoms with Crippen molar-refractivity contribution in [1.82, 2.24) is 0 Å². The van der Waals surface area contributed by atoms with Crippen molar-refractivity contribution in [2.75, 3.05) is 5.73 Å². The van der Waals surface area contributed by atoms with Gasteiger partial charge in [0.2, 0.25) is 0 Å². The third-order valence-electron chi connectivity index (χ3n) is 2.39. The Morgan fingerprint density at radius 3 is 2.42 bits per heavy atom. The van der Waals surface area contributed by atoms with Crippen molar-refractivity contribution in [3.8, 4) is 11.5 Å². The molecule has 0 aliphatic carbocycles. The molecule has 2 aromatic rings. The van der Waals surface area contributed by atoms with Gasteiger partial charge in [-0.25, -0.2) is 13.6 Å². The molecule has 0 aromatic heterocycles. The van der Waals surface area contributed by atoms with E-state index < -0.39 is 23.4 Å². The minimum Gasteiger partial charge on any atom is -0.478 e. The molecule has 0 saturated heterocycles. The van der Waals surface area contributed by atoms with Crippen LogP contribution in [0.4, 0.5) is 14.5 Å². The first-order chi connectivity index (χ1) is 8.99. The molecule has 0 atom stereocenters. The van der Waals surface area contributed by atoms with Gasteiger partial charge in [0.05, 0.1) is 5.56 Å². The molecule has 0 heterocycles. The molecule has 2 aromatic carbocycles. The highest BCUT2D eigenvalue weighted by molar-refractivity contribution is 5.94. The fourth-order valence-electron chi connectivity index (χ4n) is 1.48. The van der Waals surface area contributed by atoms with E-state index in [2.05, 4.69) is 0 Å². The van der Waals surface area contributed by atoms with Crippen LogP contribution in [-0.2, 0) is 0 Å². The topological polar surface area (TPSA) is 72.5 Å². The highest BCUT2D eigenvalue weighted by atomic mass is 19.1. The number of ether oxygens (including phenoxy) is 1. The summed E-state index contributed by atoms with van der Waals surface area (Å²) in [6.07, 6.45) is 0. The number of rotatable bonds is 3. The molecule has 98 valence electrons. The summed E-state index contributed by atoms with van der Waals surface area (Å²) < 4.78 is 32.0. The Labute approximate surface area is 107 Å². The van der Waals surface area contributed by atoms with E-state index in [0.717, 1.165) is 18.2 Å². The predicted molar refractivity (Wildman–Crippen MR) is 64.2 cm³/mol. The minimum absolute atomic E-state index is 0.206. The molecule has 4 nitrogen and oxygen atoms in total. The molecule has 0 unspecified atom stereocenters. The van der Waals surface area contributed by atoms with Crippen molar-refractivity contribution < 1.29 is 23.4 Å². The normalized spacial score (nSPS) is 10.2. The van der Waals surface area contributed by atoms with Gasteiger partial charge in [0.1, 0.15) is 0 Å². The van der Waals surface area contributed by atoms with Gasteiger partial charge in [-0.2, -0.15) is 0 Å². The average Bonchev–Trinajstić information content (AvgIpc) is 2.34. The van der Waals surface area contributed by atoms with Gasteiger partial charge in [-0.15, -0.1) is 0 Å². The van der Waals surface area contributed by atoms with Gasteiger partial charge in [-0.05, 0) is 12.1 Å². The Kier molecular flexibility index (Phi) is 3.33. The van der Waals surface area contributed by atoms with Crippen molar-refractivity contribution in [3.05, 3.63) is 53.6 Å². The van der Waals surface area contributed by atoms with Gasteiger partial charge in [-0.3, -0.25) is 0 Å². The molecule has 0 bridgehead atoms. The Bertz CT molecular complexity index is 644. The number of carbonyl (C=O) groups is 1. The maximum absolute atomic E-state index is 13.6. The van der Waals surface area contributed by atoms with Crippen molar-refractivity contribution >= 4 is 11.7 Å². The molecule has 2 rings (SSSR count). The summed E-state index contributed by atoms with van der Waals surface area (Å²) in [7, 11) is 0. The molecule has 0 spiro atoms. The fraction of sp³-hybridized carbons (Fsp3) is 0. The lowest BCUT2D eigenvalue weighted by molar-refractivity contribution is 0.0697. The molecule has 0 radical (unpaired) electrons. The Hall–Kier alpha value is -2.63. The number of carboxylic acids is 1. The second kappa shape index (κ2) is 4.93. The summed E-state index contributed by atoms with van der Waals surface area (Å²) >= 11 is 0. The minimum atomic E-state index is -1.32. The number of aromatic carboxylic acids is 1. The molecule has 3 N–H and O–H groups in total. The van der Waals surface area contributed by atoms with E-state index in [-0.39, 0.29) is 17.0 Å². The van der Waals surface area contributed by atoms with Crippen LogP contribution in [-0.4, -0.2) is 11.1 Å². The SMILES string of the molecule is Nc1cc(F)c(Oc2ccccc2F)cc1C(=O)O. The zero-order chi connectivity index (χ0) is 14.0. The second-order valence-electron chi connectivity index (χ2n) is 3.71. The zero-order valence-electron chi connectivity index (χ0n) is 9.56. The number of nitrogen functional groups attached to an aromatic ring is 1. The van der Waals surface area contributed by atoms with Crippen LogP contribution in [0.3, 0.4) is 0 Å². The third-order valence-corrected chi connectivity index (χ3v) is 2.39. The summed E-state index contributed by atoms with van der Waals surface area (Å²) in [5, 5.41) is 8.87. The van der Waals surface area contributed by atoms with Crippen LogP contribution in [0.1, 0.15) is 10.4 Å². The predicted octanol–water partition coefficient (Wildman–Crippen LogP) is 3.04. The van der Waals surface area contributed by atoms with E-state index in [0.29, 0.717) is 0 Å². The Morgan fingerprint density at radius 2 is 1.79 bits per heavy atom. The summed E-state index contributed by atoms with van der Waals surface area (Å²) in [6.45, 7) is 0. The van der Waals surface area contributed by atoms with Crippen LogP contribution in [0, 0.1) is 11.6 Å². The lowest BCUT2D eigenvalue weighted by Gasteiger charge is -2.09. The Morgan fingerprint density at radius 1 is 1.11 bits per heavy atom. The van der Waals surface area contributed by atoms with Gasteiger partial charge in [0.25, 0.3) is 0 Å². The summed E-state index contributed by atoms with van der Waals surface area (Å²) in [5.41, 5.74) is 4.82. The van der Waals surface area contributed by atoms with Gasteiger partial charge in [-0.1, -0.05) is 12.1 Å². The third kappa shape index (κ3) is 2.62. The van der Waals surface area contributed by atoms with Gasteiger partial charge >= 0.3 is 5.97 Å². The quantitative estimate of drug-likeness (QED) is 0.836. The van der Waals surface area contributed by atoms with Crippen LogP contribution >= 0.6 is 0 Å². The van der Waals surface area contributed by atoms with Crippen molar-refractivity contribution in [3.63, 3.8) is 0 Å². The molecule has 0 fully saturated rings. The van der Waals surface area contributed by atoms with Gasteiger partial charge < -0.3 is 15.6 Å². The van der Waals surface area contributed by atoms with Crippen LogP contribution < -0.4 is 10.5 Å². The first kappa shape index (κ1) is 12.8.